The Morgan fingerprint density at radius 3 is 2.90 bits per heavy atom. The van der Waals surface area contributed by atoms with Crippen LogP contribution in [0.15, 0.2) is 46.3 Å². The molecule has 0 saturated carbocycles. The van der Waals surface area contributed by atoms with E-state index in [1.807, 2.05) is 25.3 Å². The van der Waals surface area contributed by atoms with Gasteiger partial charge in [0.25, 0.3) is 0 Å². The van der Waals surface area contributed by atoms with Crippen molar-refractivity contribution in [1.29, 1.82) is 0 Å². The molecule has 0 aliphatic carbocycles. The fraction of sp³-hybridized carbons (Fsp3) is 0.267. The monoisotopic (exact) mass is 300 g/mol. The van der Waals surface area contributed by atoms with E-state index in [0.29, 0.717) is 11.6 Å². The molecule has 0 N–H and O–H groups in total. The zero-order valence-corrected chi connectivity index (χ0v) is 12.8. The summed E-state index contributed by atoms with van der Waals surface area (Å²) in [4.78, 5) is 8.72. The van der Waals surface area contributed by atoms with E-state index in [1.54, 1.807) is 18.0 Å². The number of imidazole rings is 1. The molecule has 5 nitrogen and oxygen atoms in total. The second-order valence-electron chi connectivity index (χ2n) is 4.61. The number of rotatable bonds is 5. The zero-order chi connectivity index (χ0) is 14.7. The van der Waals surface area contributed by atoms with Crippen molar-refractivity contribution in [2.75, 3.05) is 0 Å². The molecule has 0 amide bonds. The Bertz CT molecular complexity index is 735. The van der Waals surface area contributed by atoms with Crippen LogP contribution in [0.3, 0.4) is 0 Å². The van der Waals surface area contributed by atoms with Gasteiger partial charge in [-0.05, 0) is 18.6 Å². The molecule has 2 aromatic heterocycles. The summed E-state index contributed by atoms with van der Waals surface area (Å²) in [6, 6.07) is 8.24. The number of benzene rings is 1. The Balaban J connectivity index is 1.78. The smallest absolute Gasteiger partial charge is 0.237 e. The Hall–Kier alpha value is -2.08. The van der Waals surface area contributed by atoms with Crippen LogP contribution in [-0.2, 0) is 12.2 Å². The van der Waals surface area contributed by atoms with Crippen LogP contribution < -0.4 is 0 Å². The molecule has 0 atom stereocenters. The van der Waals surface area contributed by atoms with E-state index < -0.39 is 0 Å². The van der Waals surface area contributed by atoms with Crippen molar-refractivity contribution >= 4 is 11.8 Å². The van der Waals surface area contributed by atoms with E-state index >= 15 is 0 Å². The zero-order valence-electron chi connectivity index (χ0n) is 12.0. The van der Waals surface area contributed by atoms with Gasteiger partial charge in [-0.15, -0.1) is 0 Å². The largest absolute Gasteiger partial charge is 0.338 e. The quantitative estimate of drug-likeness (QED) is 0.676. The Morgan fingerprint density at radius 1 is 1.29 bits per heavy atom. The van der Waals surface area contributed by atoms with E-state index in [9.17, 15) is 0 Å². The lowest BCUT2D eigenvalue weighted by atomic mass is 10.2. The molecule has 3 rings (SSSR count). The average Bonchev–Trinajstić information content (AvgIpc) is 3.14. The van der Waals surface area contributed by atoms with Crippen molar-refractivity contribution in [2.45, 2.75) is 31.2 Å². The van der Waals surface area contributed by atoms with Crippen LogP contribution in [0.25, 0.3) is 5.69 Å². The lowest BCUT2D eigenvalue weighted by molar-refractivity contribution is 0.385. The van der Waals surface area contributed by atoms with Crippen molar-refractivity contribution in [3.8, 4) is 5.69 Å². The molecule has 0 radical (unpaired) electrons. The van der Waals surface area contributed by atoms with Crippen LogP contribution in [0.4, 0.5) is 0 Å². The molecule has 3 aromatic rings. The molecule has 0 spiro atoms. The summed E-state index contributed by atoms with van der Waals surface area (Å²) in [5.41, 5.74) is 2.35. The number of hydrogen-bond acceptors (Lipinski definition) is 5. The van der Waals surface area contributed by atoms with E-state index in [2.05, 4.69) is 38.7 Å². The molecule has 21 heavy (non-hydrogen) atoms. The minimum atomic E-state index is 0.621. The normalized spacial score (nSPS) is 11.0. The summed E-state index contributed by atoms with van der Waals surface area (Å²) in [5, 5.41) is 4.82. The second kappa shape index (κ2) is 6.13. The fourth-order valence-corrected chi connectivity index (χ4v) is 2.84. The molecule has 0 unspecified atom stereocenters. The highest BCUT2D eigenvalue weighted by atomic mass is 32.2. The number of aryl methyl sites for hydroxylation is 2. The van der Waals surface area contributed by atoms with Crippen molar-refractivity contribution in [3.05, 3.63) is 53.9 Å². The van der Waals surface area contributed by atoms with Gasteiger partial charge in [-0.25, -0.2) is 4.98 Å². The molecule has 108 valence electrons. The predicted molar refractivity (Wildman–Crippen MR) is 81.5 cm³/mol. The molecule has 2 heterocycles. The van der Waals surface area contributed by atoms with Gasteiger partial charge in [-0.1, -0.05) is 42.0 Å². The first kappa shape index (κ1) is 13.9. The average molecular weight is 300 g/mol. The van der Waals surface area contributed by atoms with Crippen molar-refractivity contribution in [1.82, 2.24) is 19.7 Å². The number of nitrogens with zero attached hydrogens (tertiary/aromatic N) is 4. The number of thioether (sulfide) groups is 1. The molecular weight excluding hydrogens is 284 g/mol. The summed E-state index contributed by atoms with van der Waals surface area (Å²) in [7, 11) is 0. The molecule has 0 fully saturated rings. The summed E-state index contributed by atoms with van der Waals surface area (Å²) in [6.45, 7) is 4.10. The lowest BCUT2D eigenvalue weighted by Crippen LogP contribution is -1.97. The molecule has 0 saturated heterocycles. The number of para-hydroxylation sites is 1. The van der Waals surface area contributed by atoms with Gasteiger partial charge in [0.1, 0.15) is 0 Å². The Morgan fingerprint density at radius 2 is 2.14 bits per heavy atom. The number of hydrogen-bond donors (Lipinski definition) is 0. The van der Waals surface area contributed by atoms with Crippen molar-refractivity contribution in [3.63, 3.8) is 0 Å². The first-order valence-corrected chi connectivity index (χ1v) is 7.80. The van der Waals surface area contributed by atoms with Crippen LogP contribution in [0.5, 0.6) is 0 Å². The SMILES string of the molecule is CCc1noc(CSc2nccn2-c2ccccc2C)n1. The van der Waals surface area contributed by atoms with Crippen LogP contribution >= 0.6 is 11.8 Å². The van der Waals surface area contributed by atoms with Crippen molar-refractivity contribution < 1.29 is 4.52 Å². The van der Waals surface area contributed by atoms with E-state index in [-0.39, 0.29) is 0 Å². The summed E-state index contributed by atoms with van der Waals surface area (Å²) < 4.78 is 7.28. The Labute approximate surface area is 127 Å². The van der Waals surface area contributed by atoms with E-state index in [1.165, 1.54) is 5.56 Å². The highest BCUT2D eigenvalue weighted by Gasteiger charge is 2.10. The molecule has 1 aromatic carbocycles. The highest BCUT2D eigenvalue weighted by Crippen LogP contribution is 2.25. The van der Waals surface area contributed by atoms with Crippen LogP contribution in [0.1, 0.15) is 24.2 Å². The van der Waals surface area contributed by atoms with Gasteiger partial charge in [-0.2, -0.15) is 4.98 Å². The van der Waals surface area contributed by atoms with Gasteiger partial charge in [0.05, 0.1) is 11.4 Å². The van der Waals surface area contributed by atoms with Gasteiger partial charge in [0, 0.05) is 18.8 Å². The molecule has 0 aliphatic rings. The minimum Gasteiger partial charge on any atom is -0.338 e. The summed E-state index contributed by atoms with van der Waals surface area (Å²) in [5.74, 6) is 2.00. The van der Waals surface area contributed by atoms with Gasteiger partial charge in [0.15, 0.2) is 11.0 Å². The maximum Gasteiger partial charge on any atom is 0.237 e. The number of aromatic nitrogens is 4. The third-order valence-electron chi connectivity index (χ3n) is 3.13. The molecule has 0 aliphatic heterocycles. The third-order valence-corrected chi connectivity index (χ3v) is 4.08. The van der Waals surface area contributed by atoms with Gasteiger partial charge < -0.3 is 4.52 Å². The van der Waals surface area contributed by atoms with Crippen LogP contribution in [0, 0.1) is 6.92 Å². The van der Waals surface area contributed by atoms with Gasteiger partial charge >= 0.3 is 0 Å². The van der Waals surface area contributed by atoms with Gasteiger partial charge in [0.2, 0.25) is 5.89 Å². The van der Waals surface area contributed by atoms with E-state index in [4.69, 9.17) is 4.52 Å². The highest BCUT2D eigenvalue weighted by molar-refractivity contribution is 7.98. The fourth-order valence-electron chi connectivity index (χ4n) is 2.03. The Kier molecular flexibility index (Phi) is 4.06. The molecule has 6 heteroatoms. The third kappa shape index (κ3) is 3.00. The summed E-state index contributed by atoms with van der Waals surface area (Å²) >= 11 is 1.59. The second-order valence-corrected chi connectivity index (χ2v) is 5.56. The summed E-state index contributed by atoms with van der Waals surface area (Å²) in [6.07, 6.45) is 4.56. The topological polar surface area (TPSA) is 56.7 Å². The first-order valence-electron chi connectivity index (χ1n) is 6.81. The van der Waals surface area contributed by atoms with Crippen LogP contribution in [0.2, 0.25) is 0 Å². The maximum absolute atomic E-state index is 5.20. The van der Waals surface area contributed by atoms with E-state index in [0.717, 1.165) is 23.1 Å². The van der Waals surface area contributed by atoms with Gasteiger partial charge in [-0.3, -0.25) is 4.57 Å². The van der Waals surface area contributed by atoms with Crippen LogP contribution in [-0.4, -0.2) is 19.7 Å². The minimum absolute atomic E-state index is 0.621. The molecular formula is C15H16N4OS. The lowest BCUT2D eigenvalue weighted by Gasteiger charge is -2.09. The standard InChI is InChI=1S/C15H16N4OS/c1-3-13-17-14(20-18-13)10-21-15-16-8-9-19(15)12-7-5-4-6-11(12)2/h4-9H,3,10H2,1-2H3. The maximum atomic E-state index is 5.20. The first-order chi connectivity index (χ1) is 10.3. The van der Waals surface area contributed by atoms with Crippen molar-refractivity contribution in [2.24, 2.45) is 0 Å². The predicted octanol–water partition coefficient (Wildman–Crippen LogP) is 3.42. The molecule has 0 bridgehead atoms.